The van der Waals surface area contributed by atoms with Gasteiger partial charge in [0, 0.05) is 17.0 Å². The Balaban J connectivity index is 1.94. The number of rotatable bonds is 11. The van der Waals surface area contributed by atoms with E-state index in [0.717, 1.165) is 6.42 Å². The monoisotopic (exact) mass is 468 g/mol. The number of aromatic nitrogens is 2. The number of ketones is 2. The molecule has 1 fully saturated rings. The quantitative estimate of drug-likeness (QED) is 0.213. The molecule has 3 rings (SSSR count). The molecule has 0 saturated heterocycles. The molecule has 1 aliphatic carbocycles. The average Bonchev–Trinajstić information content (AvgIpc) is 3.33. The number of allylic oxidation sites excluding steroid dienone is 3. The number of nitrogens with zero attached hydrogens (tertiary/aromatic N) is 2. The lowest BCUT2D eigenvalue weighted by Crippen LogP contribution is -2.18. The normalized spacial score (nSPS) is 20.2. The SMILES string of the molecule is C=CC(C(=O)c1nn(Cc2ccccc2F)c(Cl)c1C(=C)C)C1C(CC)C1CC(=C)C(C)=O. The van der Waals surface area contributed by atoms with E-state index in [1.54, 1.807) is 31.2 Å². The molecule has 1 aliphatic rings. The first kappa shape index (κ1) is 24.8. The van der Waals surface area contributed by atoms with Crippen molar-refractivity contribution in [2.75, 3.05) is 0 Å². The first-order chi connectivity index (χ1) is 15.6. The smallest absolute Gasteiger partial charge is 0.190 e. The van der Waals surface area contributed by atoms with Crippen LogP contribution < -0.4 is 0 Å². The van der Waals surface area contributed by atoms with Crippen LogP contribution in [0.15, 0.2) is 55.7 Å². The van der Waals surface area contributed by atoms with Gasteiger partial charge in [-0.05, 0) is 55.2 Å². The maximum atomic E-state index is 14.2. The Labute approximate surface area is 199 Å². The summed E-state index contributed by atoms with van der Waals surface area (Å²) >= 11 is 6.59. The fraction of sp³-hybridized carbons (Fsp3) is 0.370. The second-order valence-corrected chi connectivity index (χ2v) is 9.20. The number of halogens is 2. The Hall–Kier alpha value is -2.79. The van der Waals surface area contributed by atoms with E-state index in [9.17, 15) is 14.0 Å². The molecule has 0 amide bonds. The summed E-state index contributed by atoms with van der Waals surface area (Å²) in [7, 11) is 0. The van der Waals surface area contributed by atoms with Gasteiger partial charge in [-0.25, -0.2) is 9.07 Å². The lowest BCUT2D eigenvalue weighted by Gasteiger charge is -2.12. The third kappa shape index (κ3) is 4.93. The van der Waals surface area contributed by atoms with E-state index in [2.05, 4.69) is 31.8 Å². The molecule has 2 aromatic rings. The van der Waals surface area contributed by atoms with Crippen molar-refractivity contribution in [2.24, 2.45) is 23.7 Å². The van der Waals surface area contributed by atoms with Crippen LogP contribution in [0.25, 0.3) is 5.57 Å². The molecular formula is C27H30ClFN2O2. The zero-order chi connectivity index (χ0) is 24.4. The van der Waals surface area contributed by atoms with Gasteiger partial charge in [-0.3, -0.25) is 9.59 Å². The molecule has 33 heavy (non-hydrogen) atoms. The van der Waals surface area contributed by atoms with Crippen molar-refractivity contribution in [3.63, 3.8) is 0 Å². The predicted octanol–water partition coefficient (Wildman–Crippen LogP) is 6.55. The Morgan fingerprint density at radius 2 is 1.91 bits per heavy atom. The summed E-state index contributed by atoms with van der Waals surface area (Å²) in [4.78, 5) is 25.4. The summed E-state index contributed by atoms with van der Waals surface area (Å²) in [6.45, 7) is 17.2. The number of carbonyl (C=O) groups is 2. The van der Waals surface area contributed by atoms with Crippen LogP contribution in [0.5, 0.6) is 0 Å². The summed E-state index contributed by atoms with van der Waals surface area (Å²) in [5.41, 5.74) is 2.31. The summed E-state index contributed by atoms with van der Waals surface area (Å²) in [6.07, 6.45) is 3.14. The van der Waals surface area contributed by atoms with E-state index in [0.29, 0.717) is 34.6 Å². The highest BCUT2D eigenvalue weighted by Crippen LogP contribution is 2.57. The van der Waals surface area contributed by atoms with E-state index >= 15 is 0 Å². The van der Waals surface area contributed by atoms with Crippen molar-refractivity contribution < 1.29 is 14.0 Å². The fourth-order valence-electron chi connectivity index (χ4n) is 4.78. The Kier molecular flexibility index (Phi) is 7.53. The van der Waals surface area contributed by atoms with E-state index in [-0.39, 0.29) is 46.6 Å². The van der Waals surface area contributed by atoms with Crippen molar-refractivity contribution >= 4 is 28.7 Å². The molecular weight excluding hydrogens is 439 g/mol. The zero-order valence-electron chi connectivity index (χ0n) is 19.4. The lowest BCUT2D eigenvalue weighted by atomic mass is 9.90. The van der Waals surface area contributed by atoms with Crippen LogP contribution in [-0.4, -0.2) is 21.3 Å². The van der Waals surface area contributed by atoms with Crippen molar-refractivity contribution in [3.8, 4) is 0 Å². The maximum Gasteiger partial charge on any atom is 0.190 e. The molecule has 4 unspecified atom stereocenters. The molecule has 4 atom stereocenters. The third-order valence-corrected chi connectivity index (χ3v) is 7.03. The van der Waals surface area contributed by atoms with Crippen molar-refractivity contribution in [2.45, 2.75) is 40.2 Å². The molecule has 174 valence electrons. The van der Waals surface area contributed by atoms with Gasteiger partial charge in [0.25, 0.3) is 0 Å². The predicted molar refractivity (Wildman–Crippen MR) is 131 cm³/mol. The number of hydrogen-bond acceptors (Lipinski definition) is 3. The van der Waals surface area contributed by atoms with Gasteiger partial charge in [0.2, 0.25) is 0 Å². The minimum absolute atomic E-state index is 0.0276. The molecule has 6 heteroatoms. The van der Waals surface area contributed by atoms with Crippen LogP contribution in [0.3, 0.4) is 0 Å². The van der Waals surface area contributed by atoms with Gasteiger partial charge < -0.3 is 0 Å². The second kappa shape index (κ2) is 10.0. The first-order valence-corrected chi connectivity index (χ1v) is 11.5. The molecule has 1 saturated carbocycles. The van der Waals surface area contributed by atoms with E-state index in [1.807, 2.05) is 0 Å². The molecule has 0 N–H and O–H groups in total. The Bertz CT molecular complexity index is 1130. The van der Waals surface area contributed by atoms with Gasteiger partial charge in [-0.15, -0.1) is 6.58 Å². The number of Topliss-reactive ketones (excluding diaryl/α,β-unsaturated/α-hetero) is 2. The minimum atomic E-state index is -0.467. The van der Waals surface area contributed by atoms with Gasteiger partial charge in [0.05, 0.1) is 6.54 Å². The lowest BCUT2D eigenvalue weighted by molar-refractivity contribution is -0.113. The highest BCUT2D eigenvalue weighted by Gasteiger charge is 2.54. The minimum Gasteiger partial charge on any atom is -0.295 e. The van der Waals surface area contributed by atoms with Crippen LogP contribution in [0, 0.1) is 29.5 Å². The third-order valence-electron chi connectivity index (χ3n) is 6.65. The highest BCUT2D eigenvalue weighted by atomic mass is 35.5. The summed E-state index contributed by atoms with van der Waals surface area (Å²) < 4.78 is 15.6. The Morgan fingerprint density at radius 3 is 2.45 bits per heavy atom. The van der Waals surface area contributed by atoms with Gasteiger partial charge >= 0.3 is 0 Å². The molecule has 0 radical (unpaired) electrons. The highest BCUT2D eigenvalue weighted by molar-refractivity contribution is 6.32. The summed E-state index contributed by atoms with van der Waals surface area (Å²) in [6, 6.07) is 6.38. The second-order valence-electron chi connectivity index (χ2n) is 8.85. The van der Waals surface area contributed by atoms with Crippen LogP contribution in [-0.2, 0) is 11.3 Å². The van der Waals surface area contributed by atoms with E-state index in [4.69, 9.17) is 11.6 Å². The van der Waals surface area contributed by atoms with E-state index in [1.165, 1.54) is 17.7 Å². The first-order valence-electron chi connectivity index (χ1n) is 11.1. The van der Waals surface area contributed by atoms with Gasteiger partial charge in [0.15, 0.2) is 11.6 Å². The van der Waals surface area contributed by atoms with Crippen molar-refractivity contribution in [3.05, 3.63) is 83.4 Å². The van der Waals surface area contributed by atoms with Crippen LogP contribution in [0.2, 0.25) is 5.15 Å². The average molecular weight is 469 g/mol. The topological polar surface area (TPSA) is 52.0 Å². The van der Waals surface area contributed by atoms with Crippen LogP contribution >= 0.6 is 11.6 Å². The van der Waals surface area contributed by atoms with Crippen molar-refractivity contribution in [1.29, 1.82) is 0 Å². The zero-order valence-corrected chi connectivity index (χ0v) is 20.2. The Morgan fingerprint density at radius 1 is 1.24 bits per heavy atom. The molecule has 4 nitrogen and oxygen atoms in total. The van der Waals surface area contributed by atoms with E-state index < -0.39 is 5.92 Å². The molecule has 1 heterocycles. The summed E-state index contributed by atoms with van der Waals surface area (Å²) in [5, 5.41) is 4.75. The van der Waals surface area contributed by atoms with Gasteiger partial charge in [-0.2, -0.15) is 5.10 Å². The van der Waals surface area contributed by atoms with Crippen molar-refractivity contribution in [1.82, 2.24) is 9.78 Å². The molecule has 0 aliphatic heterocycles. The van der Waals surface area contributed by atoms with Crippen LogP contribution in [0.4, 0.5) is 4.39 Å². The fourth-order valence-corrected chi connectivity index (χ4v) is 5.13. The van der Waals surface area contributed by atoms with Gasteiger partial charge in [-0.1, -0.05) is 62.4 Å². The van der Waals surface area contributed by atoms with Crippen LogP contribution in [0.1, 0.15) is 55.2 Å². The number of hydrogen-bond donors (Lipinski definition) is 0. The van der Waals surface area contributed by atoms with Gasteiger partial charge in [0.1, 0.15) is 16.7 Å². The number of benzene rings is 1. The molecule has 1 aromatic heterocycles. The molecule has 1 aromatic carbocycles. The summed E-state index contributed by atoms with van der Waals surface area (Å²) in [5.74, 6) is -0.484. The maximum absolute atomic E-state index is 14.2. The number of carbonyl (C=O) groups excluding carboxylic acids is 2. The largest absolute Gasteiger partial charge is 0.295 e. The standard InChI is InChI=1S/C27H30ClFN2O2/c1-7-19-21(13-16(5)17(6)32)24(19)20(8-2)26(33)25-23(15(3)4)27(28)31(30-25)14-18-11-9-10-12-22(18)29/h8-12,19-21,24H,2-3,5,7,13-14H2,1,4,6H3. The molecule has 0 bridgehead atoms. The molecule has 0 spiro atoms.